The first-order chi connectivity index (χ1) is 8.88. The first kappa shape index (κ1) is 13.6. The maximum Gasteiger partial charge on any atom is 0.227 e. The highest BCUT2D eigenvalue weighted by Gasteiger charge is 2.16. The van der Waals surface area contributed by atoms with Crippen LogP contribution in [0.15, 0.2) is 0 Å². The minimum atomic E-state index is 0.739. The van der Waals surface area contributed by atoms with E-state index in [0.717, 1.165) is 22.7 Å². The maximum absolute atomic E-state index is 4.72. The molecule has 4 heteroatoms. The zero-order valence-electron chi connectivity index (χ0n) is 12.8. The van der Waals surface area contributed by atoms with Crippen molar-refractivity contribution in [3.05, 3.63) is 22.3 Å². The molecule has 0 spiro atoms. The molecule has 1 aromatic heterocycles. The molecule has 102 valence electrons. The minimum absolute atomic E-state index is 0.739. The SMILES string of the molecule is CNc1nc(N(C)C)nc2c(C)c(C)c(C)c(C)c12. The van der Waals surface area contributed by atoms with E-state index >= 15 is 0 Å². The van der Waals surface area contributed by atoms with Crippen molar-refractivity contribution in [1.29, 1.82) is 0 Å². The van der Waals surface area contributed by atoms with E-state index in [1.807, 2.05) is 26.0 Å². The number of hydrogen-bond donors (Lipinski definition) is 1. The van der Waals surface area contributed by atoms with Crippen LogP contribution in [0.5, 0.6) is 0 Å². The summed E-state index contributed by atoms with van der Waals surface area (Å²) in [5.41, 5.74) is 6.18. The minimum Gasteiger partial charge on any atom is -0.372 e. The van der Waals surface area contributed by atoms with E-state index in [-0.39, 0.29) is 0 Å². The van der Waals surface area contributed by atoms with Gasteiger partial charge in [-0.3, -0.25) is 0 Å². The number of anilines is 2. The summed E-state index contributed by atoms with van der Waals surface area (Å²) >= 11 is 0. The molecule has 0 atom stereocenters. The third-order valence-electron chi connectivity index (χ3n) is 3.95. The highest BCUT2D eigenvalue weighted by Crippen LogP contribution is 2.32. The smallest absolute Gasteiger partial charge is 0.227 e. The van der Waals surface area contributed by atoms with Gasteiger partial charge in [0.2, 0.25) is 5.95 Å². The Morgan fingerprint density at radius 3 is 1.95 bits per heavy atom. The van der Waals surface area contributed by atoms with Crippen LogP contribution in [0, 0.1) is 27.7 Å². The second-order valence-electron chi connectivity index (χ2n) is 5.24. The lowest BCUT2D eigenvalue weighted by molar-refractivity contribution is 1.01. The van der Waals surface area contributed by atoms with Gasteiger partial charge in [0, 0.05) is 26.5 Å². The van der Waals surface area contributed by atoms with E-state index in [0.29, 0.717) is 0 Å². The largest absolute Gasteiger partial charge is 0.372 e. The van der Waals surface area contributed by atoms with E-state index in [4.69, 9.17) is 4.98 Å². The van der Waals surface area contributed by atoms with Crippen LogP contribution in [0.4, 0.5) is 11.8 Å². The van der Waals surface area contributed by atoms with Crippen molar-refractivity contribution in [2.75, 3.05) is 31.4 Å². The van der Waals surface area contributed by atoms with Gasteiger partial charge in [0.25, 0.3) is 0 Å². The standard InChI is InChI=1S/C15H22N4/c1-8-9(2)11(4)13-12(10(8)3)14(16-5)18-15(17-13)19(6)7/h1-7H3,(H,16,17,18). The van der Waals surface area contributed by atoms with Gasteiger partial charge < -0.3 is 10.2 Å². The molecule has 4 nitrogen and oxygen atoms in total. The number of rotatable bonds is 2. The van der Waals surface area contributed by atoms with Crippen LogP contribution in [0.3, 0.4) is 0 Å². The molecule has 0 radical (unpaired) electrons. The van der Waals surface area contributed by atoms with E-state index in [1.165, 1.54) is 22.3 Å². The van der Waals surface area contributed by atoms with Crippen LogP contribution in [-0.4, -0.2) is 31.1 Å². The second-order valence-corrected chi connectivity index (χ2v) is 5.24. The van der Waals surface area contributed by atoms with Gasteiger partial charge in [-0.2, -0.15) is 4.98 Å². The van der Waals surface area contributed by atoms with Crippen molar-refractivity contribution in [3.8, 4) is 0 Å². The highest BCUT2D eigenvalue weighted by molar-refractivity contribution is 5.96. The zero-order chi connectivity index (χ0) is 14.3. The summed E-state index contributed by atoms with van der Waals surface area (Å²) in [4.78, 5) is 11.3. The number of hydrogen-bond acceptors (Lipinski definition) is 4. The maximum atomic E-state index is 4.72. The molecule has 2 aromatic rings. The molecule has 1 N–H and O–H groups in total. The molecule has 0 aliphatic carbocycles. The number of aryl methyl sites for hydroxylation is 2. The van der Waals surface area contributed by atoms with Crippen LogP contribution in [0.1, 0.15) is 22.3 Å². The molecule has 0 amide bonds. The molecule has 0 bridgehead atoms. The third-order valence-corrected chi connectivity index (χ3v) is 3.95. The van der Waals surface area contributed by atoms with Crippen LogP contribution in [0.25, 0.3) is 10.9 Å². The summed E-state index contributed by atoms with van der Waals surface area (Å²) in [6, 6.07) is 0. The number of nitrogens with zero attached hydrogens (tertiary/aromatic N) is 3. The second kappa shape index (κ2) is 4.68. The van der Waals surface area contributed by atoms with Gasteiger partial charge >= 0.3 is 0 Å². The molecule has 0 aliphatic heterocycles. The Morgan fingerprint density at radius 2 is 1.42 bits per heavy atom. The van der Waals surface area contributed by atoms with Gasteiger partial charge in [-0.1, -0.05) is 0 Å². The molecule has 0 saturated carbocycles. The number of fused-ring (bicyclic) bond motifs is 1. The predicted octanol–water partition coefficient (Wildman–Crippen LogP) is 2.97. The fraction of sp³-hybridized carbons (Fsp3) is 0.467. The quantitative estimate of drug-likeness (QED) is 0.899. The van der Waals surface area contributed by atoms with Crippen molar-refractivity contribution in [3.63, 3.8) is 0 Å². The molecule has 2 rings (SSSR count). The van der Waals surface area contributed by atoms with Crippen molar-refractivity contribution in [2.24, 2.45) is 0 Å². The van der Waals surface area contributed by atoms with Gasteiger partial charge in [-0.15, -0.1) is 0 Å². The van der Waals surface area contributed by atoms with Crippen molar-refractivity contribution >= 4 is 22.7 Å². The topological polar surface area (TPSA) is 41.1 Å². The summed E-state index contributed by atoms with van der Waals surface area (Å²) in [6.07, 6.45) is 0. The molecule has 1 aromatic carbocycles. The molecule has 0 fully saturated rings. The average molecular weight is 258 g/mol. The van der Waals surface area contributed by atoms with Crippen LogP contribution in [-0.2, 0) is 0 Å². The Labute approximate surface area is 114 Å². The summed E-state index contributed by atoms with van der Waals surface area (Å²) < 4.78 is 0. The van der Waals surface area contributed by atoms with Crippen molar-refractivity contribution < 1.29 is 0 Å². The van der Waals surface area contributed by atoms with E-state index in [9.17, 15) is 0 Å². The Bertz CT molecular complexity index is 645. The van der Waals surface area contributed by atoms with E-state index in [1.54, 1.807) is 0 Å². The van der Waals surface area contributed by atoms with Crippen molar-refractivity contribution in [2.45, 2.75) is 27.7 Å². The van der Waals surface area contributed by atoms with Gasteiger partial charge in [0.15, 0.2) is 0 Å². The van der Waals surface area contributed by atoms with Crippen molar-refractivity contribution in [1.82, 2.24) is 9.97 Å². The summed E-state index contributed by atoms with van der Waals surface area (Å²) in [7, 11) is 5.83. The fourth-order valence-corrected chi connectivity index (χ4v) is 2.38. The van der Waals surface area contributed by atoms with Gasteiger partial charge in [-0.05, 0) is 49.9 Å². The molecule has 0 aliphatic rings. The Hall–Kier alpha value is -1.84. The summed E-state index contributed by atoms with van der Waals surface area (Å²) in [5.74, 6) is 1.64. The number of nitrogens with one attached hydrogen (secondary N) is 1. The van der Waals surface area contributed by atoms with Gasteiger partial charge in [0.05, 0.1) is 5.52 Å². The summed E-state index contributed by atoms with van der Waals surface area (Å²) in [6.45, 7) is 8.60. The predicted molar refractivity (Wildman–Crippen MR) is 82.4 cm³/mol. The average Bonchev–Trinajstić information content (AvgIpc) is 2.41. The van der Waals surface area contributed by atoms with E-state index < -0.39 is 0 Å². The molecule has 19 heavy (non-hydrogen) atoms. The van der Waals surface area contributed by atoms with Crippen LogP contribution < -0.4 is 10.2 Å². The lowest BCUT2D eigenvalue weighted by Crippen LogP contribution is -2.14. The molecular formula is C15H22N4. The monoisotopic (exact) mass is 258 g/mol. The lowest BCUT2D eigenvalue weighted by Gasteiger charge is -2.18. The Balaban J connectivity index is 2.98. The first-order valence-electron chi connectivity index (χ1n) is 6.51. The zero-order valence-corrected chi connectivity index (χ0v) is 12.8. The molecular weight excluding hydrogens is 236 g/mol. The number of aromatic nitrogens is 2. The highest BCUT2D eigenvalue weighted by atomic mass is 15.2. The first-order valence-corrected chi connectivity index (χ1v) is 6.51. The molecule has 0 unspecified atom stereocenters. The Kier molecular flexibility index (Phi) is 3.35. The van der Waals surface area contributed by atoms with Crippen LogP contribution in [0.2, 0.25) is 0 Å². The summed E-state index contributed by atoms with van der Waals surface area (Å²) in [5, 5.41) is 4.34. The Morgan fingerprint density at radius 1 is 0.842 bits per heavy atom. The molecule has 0 saturated heterocycles. The number of benzene rings is 1. The van der Waals surface area contributed by atoms with Gasteiger partial charge in [-0.25, -0.2) is 4.98 Å². The fourth-order valence-electron chi connectivity index (χ4n) is 2.38. The molecule has 1 heterocycles. The normalized spacial score (nSPS) is 10.9. The third kappa shape index (κ3) is 2.01. The lowest BCUT2D eigenvalue weighted by atomic mass is 9.95. The van der Waals surface area contributed by atoms with Gasteiger partial charge in [0.1, 0.15) is 5.82 Å². The van der Waals surface area contributed by atoms with E-state index in [2.05, 4.69) is 38.0 Å². The van der Waals surface area contributed by atoms with Crippen LogP contribution >= 0.6 is 0 Å².